The summed E-state index contributed by atoms with van der Waals surface area (Å²) in [4.78, 5) is 2.45. The molecule has 0 spiro atoms. The monoisotopic (exact) mass is 437 g/mol. The van der Waals surface area contributed by atoms with E-state index in [-0.39, 0.29) is 5.82 Å². The summed E-state index contributed by atoms with van der Waals surface area (Å²) in [5, 5.41) is 10.0. The Labute approximate surface area is 194 Å². The van der Waals surface area contributed by atoms with Crippen molar-refractivity contribution in [1.29, 1.82) is 0 Å². The number of phenolic OH excluding ortho intramolecular Hbond substituents is 1. The Morgan fingerprint density at radius 2 is 1.72 bits per heavy atom. The largest absolute Gasteiger partial charge is 0.508 e. The average molecular weight is 438 g/mol. The van der Waals surface area contributed by atoms with Crippen LogP contribution in [0.1, 0.15) is 87.0 Å². The lowest BCUT2D eigenvalue weighted by atomic mass is 9.88. The number of aromatic hydroxyl groups is 1. The van der Waals surface area contributed by atoms with Crippen molar-refractivity contribution in [3.05, 3.63) is 64.5 Å². The van der Waals surface area contributed by atoms with E-state index >= 15 is 0 Å². The molecule has 1 aliphatic carbocycles. The van der Waals surface area contributed by atoms with Crippen LogP contribution >= 0.6 is 0 Å². The van der Waals surface area contributed by atoms with Crippen molar-refractivity contribution in [3.8, 4) is 5.75 Å². The summed E-state index contributed by atoms with van der Waals surface area (Å²) in [7, 11) is 2.23. The van der Waals surface area contributed by atoms with Gasteiger partial charge in [0.2, 0.25) is 0 Å². The number of hydrogen-bond acceptors (Lipinski definition) is 2. The van der Waals surface area contributed by atoms with Gasteiger partial charge in [-0.1, -0.05) is 38.3 Å². The van der Waals surface area contributed by atoms with E-state index in [4.69, 9.17) is 0 Å². The minimum atomic E-state index is -0.140. The summed E-state index contributed by atoms with van der Waals surface area (Å²) < 4.78 is 13.9. The highest BCUT2D eigenvalue weighted by Gasteiger charge is 2.19. The number of rotatable bonds is 11. The summed E-state index contributed by atoms with van der Waals surface area (Å²) >= 11 is 0. The highest BCUT2D eigenvalue weighted by Crippen LogP contribution is 2.40. The molecule has 1 aliphatic rings. The summed E-state index contributed by atoms with van der Waals surface area (Å²) in [6.45, 7) is 6.48. The van der Waals surface area contributed by atoms with Gasteiger partial charge in [-0.25, -0.2) is 4.39 Å². The number of hydrogen-bond donors (Lipinski definition) is 1. The number of halogens is 1. The van der Waals surface area contributed by atoms with E-state index in [2.05, 4.69) is 24.9 Å². The highest BCUT2D eigenvalue weighted by atomic mass is 19.1. The van der Waals surface area contributed by atoms with Crippen LogP contribution in [0.25, 0.3) is 11.1 Å². The van der Waals surface area contributed by atoms with Gasteiger partial charge in [0.1, 0.15) is 11.6 Å². The third-order valence-electron chi connectivity index (χ3n) is 6.77. The summed E-state index contributed by atoms with van der Waals surface area (Å²) in [6, 6.07) is 11.4. The SMILES string of the molecule is CCCCN(C)CCCCCCC1=C(c2ccc(F)c(C)c2)CCCc2cc(O)ccc21. The van der Waals surface area contributed by atoms with Crippen LogP contribution < -0.4 is 0 Å². The average Bonchev–Trinajstić information content (AvgIpc) is 2.95. The molecule has 0 radical (unpaired) electrons. The van der Waals surface area contributed by atoms with E-state index in [0.29, 0.717) is 11.3 Å². The molecule has 2 nitrogen and oxygen atoms in total. The van der Waals surface area contributed by atoms with Gasteiger partial charge in [-0.15, -0.1) is 0 Å². The van der Waals surface area contributed by atoms with Crippen molar-refractivity contribution in [2.45, 2.75) is 78.1 Å². The molecule has 0 aromatic heterocycles. The van der Waals surface area contributed by atoms with E-state index in [0.717, 1.165) is 37.7 Å². The molecule has 3 rings (SSSR count). The minimum Gasteiger partial charge on any atom is -0.508 e. The van der Waals surface area contributed by atoms with Gasteiger partial charge >= 0.3 is 0 Å². The molecule has 32 heavy (non-hydrogen) atoms. The fraction of sp³-hybridized carbons (Fsp3) is 0.517. The molecule has 0 saturated carbocycles. The zero-order chi connectivity index (χ0) is 22.9. The molecule has 0 fully saturated rings. The summed E-state index contributed by atoms with van der Waals surface area (Å²) in [5.41, 5.74) is 7.12. The quantitative estimate of drug-likeness (QED) is 0.363. The molecule has 0 bridgehead atoms. The summed E-state index contributed by atoms with van der Waals surface area (Å²) in [5.74, 6) is 0.204. The molecule has 1 N–H and O–H groups in total. The normalized spacial score (nSPS) is 14.0. The van der Waals surface area contributed by atoms with Crippen LogP contribution in [0.5, 0.6) is 5.75 Å². The Kier molecular flexibility index (Phi) is 9.35. The zero-order valence-electron chi connectivity index (χ0n) is 20.2. The first-order valence-corrected chi connectivity index (χ1v) is 12.5. The van der Waals surface area contributed by atoms with Gasteiger partial charge < -0.3 is 10.0 Å². The Morgan fingerprint density at radius 3 is 2.50 bits per heavy atom. The van der Waals surface area contributed by atoms with Crippen molar-refractivity contribution in [2.24, 2.45) is 0 Å². The molecule has 2 aromatic carbocycles. The second-order valence-electron chi connectivity index (χ2n) is 9.44. The number of aryl methyl sites for hydroxylation is 2. The van der Waals surface area contributed by atoms with Crippen LogP contribution in [-0.2, 0) is 6.42 Å². The van der Waals surface area contributed by atoms with Crippen LogP contribution in [0, 0.1) is 12.7 Å². The number of unbranched alkanes of at least 4 members (excludes halogenated alkanes) is 4. The fourth-order valence-corrected chi connectivity index (χ4v) is 4.86. The van der Waals surface area contributed by atoms with Gasteiger partial charge in [0.05, 0.1) is 0 Å². The highest BCUT2D eigenvalue weighted by molar-refractivity contribution is 5.92. The first-order chi connectivity index (χ1) is 15.5. The Balaban J connectivity index is 1.73. The van der Waals surface area contributed by atoms with Gasteiger partial charge in [-0.05, 0) is 130 Å². The molecule has 0 amide bonds. The predicted molar refractivity (Wildman–Crippen MR) is 134 cm³/mol. The Morgan fingerprint density at radius 1 is 0.938 bits per heavy atom. The first-order valence-electron chi connectivity index (χ1n) is 12.5. The molecular weight excluding hydrogens is 397 g/mol. The second-order valence-corrected chi connectivity index (χ2v) is 9.44. The van der Waals surface area contributed by atoms with E-state index < -0.39 is 0 Å². The first kappa shape index (κ1) is 24.5. The molecule has 0 heterocycles. The van der Waals surface area contributed by atoms with E-state index in [1.807, 2.05) is 31.2 Å². The van der Waals surface area contributed by atoms with Crippen LogP contribution in [0.2, 0.25) is 0 Å². The van der Waals surface area contributed by atoms with Gasteiger partial charge in [0, 0.05) is 0 Å². The predicted octanol–water partition coefficient (Wildman–Crippen LogP) is 7.77. The molecular formula is C29H40FNO. The van der Waals surface area contributed by atoms with Crippen molar-refractivity contribution in [3.63, 3.8) is 0 Å². The Hall–Kier alpha value is -2.13. The molecule has 2 aromatic rings. The lowest BCUT2D eigenvalue weighted by Gasteiger charge is -2.17. The van der Waals surface area contributed by atoms with Gasteiger partial charge in [-0.3, -0.25) is 0 Å². The number of fused-ring (bicyclic) bond motifs is 1. The molecule has 3 heteroatoms. The van der Waals surface area contributed by atoms with Gasteiger partial charge in [0.15, 0.2) is 0 Å². The number of benzene rings is 2. The molecule has 0 aliphatic heterocycles. The topological polar surface area (TPSA) is 23.5 Å². The second kappa shape index (κ2) is 12.2. The minimum absolute atomic E-state index is 0.140. The molecule has 174 valence electrons. The third kappa shape index (κ3) is 6.68. The van der Waals surface area contributed by atoms with Crippen molar-refractivity contribution in [2.75, 3.05) is 20.1 Å². The third-order valence-corrected chi connectivity index (χ3v) is 6.77. The number of nitrogens with zero attached hydrogens (tertiary/aromatic N) is 1. The Bertz CT molecular complexity index is 917. The number of phenols is 1. The van der Waals surface area contributed by atoms with E-state index in [9.17, 15) is 9.50 Å². The molecule has 0 unspecified atom stereocenters. The maximum atomic E-state index is 13.9. The maximum absolute atomic E-state index is 13.9. The smallest absolute Gasteiger partial charge is 0.126 e. The maximum Gasteiger partial charge on any atom is 0.126 e. The fourth-order valence-electron chi connectivity index (χ4n) is 4.86. The van der Waals surface area contributed by atoms with E-state index in [1.165, 1.54) is 67.5 Å². The van der Waals surface area contributed by atoms with Crippen molar-refractivity contribution < 1.29 is 9.50 Å². The van der Waals surface area contributed by atoms with Gasteiger partial charge in [0.25, 0.3) is 0 Å². The lowest BCUT2D eigenvalue weighted by Crippen LogP contribution is -2.20. The lowest BCUT2D eigenvalue weighted by molar-refractivity contribution is 0.318. The number of allylic oxidation sites excluding steroid dienone is 2. The van der Waals surface area contributed by atoms with Crippen molar-refractivity contribution in [1.82, 2.24) is 4.90 Å². The van der Waals surface area contributed by atoms with Crippen LogP contribution in [-0.4, -0.2) is 30.1 Å². The van der Waals surface area contributed by atoms with Crippen LogP contribution in [0.3, 0.4) is 0 Å². The molecule has 0 atom stereocenters. The standard InChI is InChI=1S/C29H40FNO/c1-4-5-18-31(3)19-9-7-6-8-12-28-26(24-14-17-29(30)22(2)20-24)13-10-11-23-21-25(32)15-16-27(23)28/h14-17,20-21,32H,4-13,18-19H2,1-3H3. The summed E-state index contributed by atoms with van der Waals surface area (Å²) in [6.07, 6.45) is 11.5. The zero-order valence-corrected chi connectivity index (χ0v) is 20.2. The van der Waals surface area contributed by atoms with Crippen LogP contribution in [0.15, 0.2) is 36.4 Å². The van der Waals surface area contributed by atoms with Crippen molar-refractivity contribution >= 4 is 11.1 Å². The van der Waals surface area contributed by atoms with Gasteiger partial charge in [-0.2, -0.15) is 0 Å². The van der Waals surface area contributed by atoms with Crippen LogP contribution in [0.4, 0.5) is 4.39 Å². The molecule has 0 saturated heterocycles. The van der Waals surface area contributed by atoms with E-state index in [1.54, 1.807) is 6.07 Å².